The van der Waals surface area contributed by atoms with Crippen LogP contribution in [0.1, 0.15) is 27.2 Å². The number of hydrogen-bond acceptors (Lipinski definition) is 4. The topological polar surface area (TPSA) is 67.5 Å². The van der Waals surface area contributed by atoms with E-state index in [-0.39, 0.29) is 5.91 Å². The van der Waals surface area contributed by atoms with Gasteiger partial charge in [-0.25, -0.2) is 0 Å². The lowest BCUT2D eigenvalue weighted by Gasteiger charge is -2.17. The second kappa shape index (κ2) is 6.79. The summed E-state index contributed by atoms with van der Waals surface area (Å²) in [5.74, 6) is 1.10. The van der Waals surface area contributed by atoms with Crippen molar-refractivity contribution >= 4 is 5.91 Å². The SMILES string of the molecule is COc1ccc(C(=O)N2Cc3[nH]nc(-c4ccccc4C)c3C2)cc1OC. The molecule has 0 unspecified atom stereocenters. The minimum atomic E-state index is -0.0451. The predicted octanol–water partition coefficient (Wildman–Crippen LogP) is 3.56. The molecule has 0 saturated heterocycles. The molecule has 1 aliphatic rings. The molecule has 2 heterocycles. The standard InChI is InChI=1S/C21H21N3O3/c1-13-6-4-5-7-15(13)20-16-11-24(12-17(16)22-23-20)21(25)14-8-9-18(26-2)19(10-14)27-3/h4-10H,11-12H2,1-3H3,(H,22,23). The van der Waals surface area contributed by atoms with Crippen LogP contribution in [0.2, 0.25) is 0 Å². The number of fused-ring (bicyclic) bond motifs is 1. The number of amides is 1. The molecule has 138 valence electrons. The Morgan fingerprint density at radius 1 is 1.07 bits per heavy atom. The summed E-state index contributed by atoms with van der Waals surface area (Å²) < 4.78 is 10.6. The third kappa shape index (κ3) is 2.93. The fourth-order valence-electron chi connectivity index (χ4n) is 3.50. The summed E-state index contributed by atoms with van der Waals surface area (Å²) in [6.07, 6.45) is 0. The van der Waals surface area contributed by atoms with Crippen molar-refractivity contribution in [1.82, 2.24) is 15.1 Å². The number of ether oxygens (including phenoxy) is 2. The van der Waals surface area contributed by atoms with Gasteiger partial charge in [-0.15, -0.1) is 0 Å². The van der Waals surface area contributed by atoms with Gasteiger partial charge in [0, 0.05) is 16.7 Å². The number of aromatic nitrogens is 2. The van der Waals surface area contributed by atoms with E-state index in [9.17, 15) is 4.79 Å². The van der Waals surface area contributed by atoms with E-state index in [0.717, 1.165) is 28.1 Å². The lowest BCUT2D eigenvalue weighted by Crippen LogP contribution is -2.25. The van der Waals surface area contributed by atoms with Gasteiger partial charge in [-0.3, -0.25) is 9.89 Å². The maximum Gasteiger partial charge on any atom is 0.254 e. The molecule has 6 heteroatoms. The van der Waals surface area contributed by atoms with Gasteiger partial charge in [0.25, 0.3) is 5.91 Å². The highest BCUT2D eigenvalue weighted by molar-refractivity contribution is 5.95. The number of H-pyrrole nitrogens is 1. The Kier molecular flexibility index (Phi) is 4.32. The van der Waals surface area contributed by atoms with Gasteiger partial charge in [-0.05, 0) is 30.7 Å². The molecule has 1 N–H and O–H groups in total. The Hall–Kier alpha value is -3.28. The lowest BCUT2D eigenvalue weighted by molar-refractivity contribution is 0.0749. The third-order valence-electron chi connectivity index (χ3n) is 4.97. The van der Waals surface area contributed by atoms with Crippen LogP contribution in [-0.4, -0.2) is 35.2 Å². The lowest BCUT2D eigenvalue weighted by atomic mass is 10.0. The largest absolute Gasteiger partial charge is 0.493 e. The number of hydrogen-bond donors (Lipinski definition) is 1. The average Bonchev–Trinajstić information content (AvgIpc) is 3.28. The van der Waals surface area contributed by atoms with E-state index in [0.29, 0.717) is 30.2 Å². The van der Waals surface area contributed by atoms with E-state index in [2.05, 4.69) is 29.3 Å². The molecule has 1 amide bonds. The number of methoxy groups -OCH3 is 2. The summed E-state index contributed by atoms with van der Waals surface area (Å²) in [7, 11) is 3.14. The summed E-state index contributed by atoms with van der Waals surface area (Å²) in [5, 5.41) is 7.59. The summed E-state index contributed by atoms with van der Waals surface area (Å²) in [6, 6.07) is 13.4. The number of nitrogens with zero attached hydrogens (tertiary/aromatic N) is 2. The molecule has 0 radical (unpaired) electrons. The quantitative estimate of drug-likeness (QED) is 0.770. The van der Waals surface area contributed by atoms with Gasteiger partial charge in [0.15, 0.2) is 11.5 Å². The van der Waals surface area contributed by atoms with Crippen molar-refractivity contribution in [3.05, 3.63) is 64.8 Å². The van der Waals surface area contributed by atoms with Crippen LogP contribution >= 0.6 is 0 Å². The zero-order valence-electron chi connectivity index (χ0n) is 15.6. The summed E-state index contributed by atoms with van der Waals surface area (Å²) in [4.78, 5) is 14.8. The first kappa shape index (κ1) is 17.1. The molecule has 1 aliphatic heterocycles. The molecule has 4 rings (SSSR count). The maximum absolute atomic E-state index is 13.0. The minimum Gasteiger partial charge on any atom is -0.493 e. The molecule has 0 aliphatic carbocycles. The first-order chi connectivity index (χ1) is 13.1. The van der Waals surface area contributed by atoms with Gasteiger partial charge in [0.2, 0.25) is 0 Å². The smallest absolute Gasteiger partial charge is 0.254 e. The molecule has 0 bridgehead atoms. The van der Waals surface area contributed by atoms with Crippen LogP contribution in [0.5, 0.6) is 11.5 Å². The van der Waals surface area contributed by atoms with Crippen molar-refractivity contribution in [3.63, 3.8) is 0 Å². The van der Waals surface area contributed by atoms with Gasteiger partial charge in [0.05, 0.1) is 38.7 Å². The molecular formula is C21H21N3O3. The fourth-order valence-corrected chi connectivity index (χ4v) is 3.50. The van der Waals surface area contributed by atoms with Crippen LogP contribution in [0.3, 0.4) is 0 Å². The van der Waals surface area contributed by atoms with E-state index in [1.807, 2.05) is 17.0 Å². The molecular weight excluding hydrogens is 342 g/mol. The monoisotopic (exact) mass is 363 g/mol. The van der Waals surface area contributed by atoms with Crippen LogP contribution in [0.25, 0.3) is 11.3 Å². The molecule has 0 saturated carbocycles. The molecule has 2 aromatic carbocycles. The van der Waals surface area contributed by atoms with E-state index >= 15 is 0 Å². The van der Waals surface area contributed by atoms with Crippen molar-refractivity contribution in [1.29, 1.82) is 0 Å². The average molecular weight is 363 g/mol. The summed E-state index contributed by atoms with van der Waals surface area (Å²) in [5.41, 5.74) is 5.82. The van der Waals surface area contributed by atoms with Crippen molar-refractivity contribution in [2.24, 2.45) is 0 Å². The van der Waals surface area contributed by atoms with Gasteiger partial charge in [-0.1, -0.05) is 24.3 Å². The van der Waals surface area contributed by atoms with Crippen LogP contribution in [-0.2, 0) is 13.1 Å². The highest BCUT2D eigenvalue weighted by Crippen LogP contribution is 2.34. The molecule has 1 aromatic heterocycles. The number of benzene rings is 2. The Bertz CT molecular complexity index is 1010. The van der Waals surface area contributed by atoms with Crippen molar-refractivity contribution in [3.8, 4) is 22.8 Å². The van der Waals surface area contributed by atoms with Crippen molar-refractivity contribution < 1.29 is 14.3 Å². The fraction of sp³-hybridized carbons (Fsp3) is 0.238. The van der Waals surface area contributed by atoms with Crippen LogP contribution in [0.4, 0.5) is 0 Å². The Morgan fingerprint density at radius 3 is 2.59 bits per heavy atom. The number of nitrogens with one attached hydrogen (secondary N) is 1. The second-order valence-electron chi connectivity index (χ2n) is 6.58. The normalized spacial score (nSPS) is 12.8. The van der Waals surface area contributed by atoms with E-state index in [1.54, 1.807) is 32.4 Å². The number of carbonyl (C=O) groups is 1. The second-order valence-corrected chi connectivity index (χ2v) is 6.58. The zero-order chi connectivity index (χ0) is 19.0. The Morgan fingerprint density at radius 2 is 1.85 bits per heavy atom. The Labute approximate surface area is 157 Å². The molecule has 27 heavy (non-hydrogen) atoms. The zero-order valence-corrected chi connectivity index (χ0v) is 15.6. The Balaban J connectivity index is 1.61. The van der Waals surface area contributed by atoms with E-state index in [4.69, 9.17) is 9.47 Å². The molecule has 0 fully saturated rings. The predicted molar refractivity (Wildman–Crippen MR) is 102 cm³/mol. The van der Waals surface area contributed by atoms with Gasteiger partial charge in [-0.2, -0.15) is 5.10 Å². The van der Waals surface area contributed by atoms with Gasteiger partial charge < -0.3 is 14.4 Å². The highest BCUT2D eigenvalue weighted by Gasteiger charge is 2.29. The van der Waals surface area contributed by atoms with Crippen LogP contribution < -0.4 is 9.47 Å². The van der Waals surface area contributed by atoms with Gasteiger partial charge >= 0.3 is 0 Å². The van der Waals surface area contributed by atoms with Crippen molar-refractivity contribution in [2.45, 2.75) is 20.0 Å². The van der Waals surface area contributed by atoms with Crippen LogP contribution in [0, 0.1) is 6.92 Å². The summed E-state index contributed by atoms with van der Waals surface area (Å²) >= 11 is 0. The first-order valence-electron chi connectivity index (χ1n) is 8.75. The number of rotatable bonds is 4. The van der Waals surface area contributed by atoms with Crippen molar-refractivity contribution in [2.75, 3.05) is 14.2 Å². The molecule has 0 atom stereocenters. The number of aromatic amines is 1. The minimum absolute atomic E-state index is 0.0451. The number of aryl methyl sites for hydroxylation is 1. The summed E-state index contributed by atoms with van der Waals surface area (Å²) in [6.45, 7) is 3.11. The third-order valence-corrected chi connectivity index (χ3v) is 4.97. The molecule has 3 aromatic rings. The van der Waals surface area contributed by atoms with E-state index in [1.165, 1.54) is 0 Å². The number of carbonyl (C=O) groups excluding carboxylic acids is 1. The first-order valence-corrected chi connectivity index (χ1v) is 8.75. The molecule has 0 spiro atoms. The molecule has 6 nitrogen and oxygen atoms in total. The van der Waals surface area contributed by atoms with Crippen LogP contribution in [0.15, 0.2) is 42.5 Å². The highest BCUT2D eigenvalue weighted by atomic mass is 16.5. The maximum atomic E-state index is 13.0. The van der Waals surface area contributed by atoms with Gasteiger partial charge in [0.1, 0.15) is 0 Å². The van der Waals surface area contributed by atoms with E-state index < -0.39 is 0 Å².